The molecule has 2 rings (SSSR count). The summed E-state index contributed by atoms with van der Waals surface area (Å²) in [6, 6.07) is 8.62. The highest BCUT2D eigenvalue weighted by molar-refractivity contribution is 5.86. The van der Waals surface area contributed by atoms with Crippen molar-refractivity contribution in [3.8, 4) is 0 Å². The van der Waals surface area contributed by atoms with Crippen LogP contribution in [-0.2, 0) is 20.9 Å². The van der Waals surface area contributed by atoms with Gasteiger partial charge in [0.15, 0.2) is 0 Å². The molecule has 1 aromatic rings. The Hall–Kier alpha value is -2.77. The summed E-state index contributed by atoms with van der Waals surface area (Å²) in [7, 11) is 0. The van der Waals surface area contributed by atoms with E-state index in [-0.39, 0.29) is 30.6 Å². The number of ether oxygens (including phenoxy) is 2. The summed E-state index contributed by atoms with van der Waals surface area (Å²) in [6.07, 6.45) is 0.349. The van der Waals surface area contributed by atoms with Crippen LogP contribution in [0.15, 0.2) is 30.3 Å². The minimum Gasteiger partial charge on any atom is -0.450 e. The largest absolute Gasteiger partial charge is 0.450 e. The summed E-state index contributed by atoms with van der Waals surface area (Å²) < 4.78 is 10.2. The number of carbonyl (C=O) groups is 3. The highest BCUT2D eigenvalue weighted by Gasteiger charge is 2.29. The van der Waals surface area contributed by atoms with Gasteiger partial charge in [-0.15, -0.1) is 0 Å². The molecule has 0 bridgehead atoms. The number of hydrogen-bond acceptors (Lipinski definition) is 5. The molecule has 0 radical (unpaired) electrons. The first-order valence-electron chi connectivity index (χ1n) is 10.1. The smallest absolute Gasteiger partial charge is 0.409 e. The maximum absolute atomic E-state index is 12.7. The predicted octanol–water partition coefficient (Wildman–Crippen LogP) is 2.67. The second-order valence-corrected chi connectivity index (χ2v) is 7.40. The first-order chi connectivity index (χ1) is 13.9. The Morgan fingerprint density at radius 3 is 2.34 bits per heavy atom. The molecule has 2 N–H and O–H groups in total. The van der Waals surface area contributed by atoms with Crippen LogP contribution < -0.4 is 10.6 Å². The number of hydrogen-bond donors (Lipinski definition) is 2. The topological polar surface area (TPSA) is 97.0 Å². The zero-order valence-corrected chi connectivity index (χ0v) is 17.3. The normalized spacial score (nSPS) is 15.5. The van der Waals surface area contributed by atoms with Gasteiger partial charge in [-0.25, -0.2) is 9.59 Å². The fraction of sp³-hybridized carbons (Fsp3) is 0.571. The van der Waals surface area contributed by atoms with Crippen LogP contribution in [0.5, 0.6) is 0 Å². The SMILES string of the molecule is CCOC(=O)N1CCC(NC(=O)C(NC(=O)OCc2ccccc2)C(C)C)CC1. The van der Waals surface area contributed by atoms with Gasteiger partial charge < -0.3 is 25.0 Å². The van der Waals surface area contributed by atoms with Gasteiger partial charge in [0.05, 0.1) is 6.61 Å². The Kier molecular flexibility index (Phi) is 8.76. The molecular weight excluding hydrogens is 374 g/mol. The van der Waals surface area contributed by atoms with E-state index in [1.165, 1.54) is 0 Å². The fourth-order valence-corrected chi connectivity index (χ4v) is 3.14. The van der Waals surface area contributed by atoms with Crippen LogP contribution in [0.25, 0.3) is 0 Å². The minimum atomic E-state index is -0.693. The van der Waals surface area contributed by atoms with Crippen molar-refractivity contribution in [3.05, 3.63) is 35.9 Å². The lowest BCUT2D eigenvalue weighted by molar-refractivity contribution is -0.125. The summed E-state index contributed by atoms with van der Waals surface area (Å²) >= 11 is 0. The highest BCUT2D eigenvalue weighted by atomic mass is 16.6. The number of amides is 3. The average Bonchev–Trinajstić information content (AvgIpc) is 2.71. The Bertz CT molecular complexity index is 672. The number of piperidine rings is 1. The molecule has 1 aromatic carbocycles. The molecule has 1 aliphatic rings. The highest BCUT2D eigenvalue weighted by Crippen LogP contribution is 2.13. The first-order valence-corrected chi connectivity index (χ1v) is 10.1. The van der Waals surface area contributed by atoms with Crippen LogP contribution in [0.3, 0.4) is 0 Å². The Morgan fingerprint density at radius 2 is 1.76 bits per heavy atom. The van der Waals surface area contributed by atoms with Crippen molar-refractivity contribution < 1.29 is 23.9 Å². The monoisotopic (exact) mass is 405 g/mol. The van der Waals surface area contributed by atoms with Crippen molar-refractivity contribution in [2.75, 3.05) is 19.7 Å². The molecule has 0 spiro atoms. The van der Waals surface area contributed by atoms with Crippen molar-refractivity contribution in [1.29, 1.82) is 0 Å². The molecule has 160 valence electrons. The third-order valence-corrected chi connectivity index (χ3v) is 4.80. The van der Waals surface area contributed by atoms with Crippen LogP contribution in [0.1, 0.15) is 39.2 Å². The molecule has 0 aromatic heterocycles. The third kappa shape index (κ3) is 7.29. The maximum Gasteiger partial charge on any atom is 0.409 e. The number of nitrogens with one attached hydrogen (secondary N) is 2. The maximum atomic E-state index is 12.7. The van der Waals surface area contributed by atoms with Crippen LogP contribution in [0.4, 0.5) is 9.59 Å². The van der Waals surface area contributed by atoms with Gasteiger partial charge in [0.2, 0.25) is 5.91 Å². The molecule has 1 fully saturated rings. The van der Waals surface area contributed by atoms with E-state index in [9.17, 15) is 14.4 Å². The van der Waals surface area contributed by atoms with Crippen LogP contribution in [0.2, 0.25) is 0 Å². The Labute approximate surface area is 171 Å². The van der Waals surface area contributed by atoms with Gasteiger partial charge in [0.1, 0.15) is 12.6 Å². The molecular formula is C21H31N3O5. The van der Waals surface area contributed by atoms with Gasteiger partial charge in [-0.05, 0) is 31.2 Å². The van der Waals surface area contributed by atoms with E-state index in [0.717, 1.165) is 5.56 Å². The molecule has 8 nitrogen and oxygen atoms in total. The number of carbonyl (C=O) groups excluding carboxylic acids is 3. The fourth-order valence-electron chi connectivity index (χ4n) is 3.14. The number of benzene rings is 1. The second kappa shape index (κ2) is 11.3. The molecule has 1 heterocycles. The summed E-state index contributed by atoms with van der Waals surface area (Å²) in [5, 5.41) is 5.65. The van der Waals surface area contributed by atoms with E-state index in [1.54, 1.807) is 11.8 Å². The summed E-state index contributed by atoms with van der Waals surface area (Å²) in [5.74, 6) is -0.342. The van der Waals surface area contributed by atoms with Crippen molar-refractivity contribution >= 4 is 18.1 Å². The summed E-state index contributed by atoms with van der Waals surface area (Å²) in [5.41, 5.74) is 0.876. The molecule has 8 heteroatoms. The molecule has 1 atom stereocenters. The van der Waals surface area contributed by atoms with Crippen molar-refractivity contribution in [2.45, 2.75) is 52.3 Å². The lowest BCUT2D eigenvalue weighted by Crippen LogP contribution is -2.54. The quantitative estimate of drug-likeness (QED) is 0.727. The van der Waals surface area contributed by atoms with E-state index in [4.69, 9.17) is 9.47 Å². The molecule has 0 saturated carbocycles. The molecule has 1 aliphatic heterocycles. The van der Waals surface area contributed by atoms with Crippen LogP contribution >= 0.6 is 0 Å². The number of alkyl carbamates (subject to hydrolysis) is 1. The number of likely N-dealkylation sites (tertiary alicyclic amines) is 1. The van der Waals surface area contributed by atoms with E-state index in [1.807, 2.05) is 44.2 Å². The third-order valence-electron chi connectivity index (χ3n) is 4.80. The van der Waals surface area contributed by atoms with Gasteiger partial charge >= 0.3 is 12.2 Å². The molecule has 1 unspecified atom stereocenters. The van der Waals surface area contributed by atoms with Gasteiger partial charge in [-0.2, -0.15) is 0 Å². The van der Waals surface area contributed by atoms with Gasteiger partial charge in [-0.1, -0.05) is 44.2 Å². The minimum absolute atomic E-state index is 0.0448. The standard InChI is InChI=1S/C21H31N3O5/c1-4-28-21(27)24-12-10-17(11-13-24)22-19(25)18(15(2)3)23-20(26)29-14-16-8-6-5-7-9-16/h5-9,15,17-18H,4,10-14H2,1-3H3,(H,22,25)(H,23,26). The Morgan fingerprint density at radius 1 is 1.10 bits per heavy atom. The van der Waals surface area contributed by atoms with Gasteiger partial charge in [0.25, 0.3) is 0 Å². The van der Waals surface area contributed by atoms with Crippen LogP contribution in [0, 0.1) is 5.92 Å². The molecule has 0 aliphatic carbocycles. The zero-order valence-electron chi connectivity index (χ0n) is 17.3. The van der Waals surface area contributed by atoms with E-state index >= 15 is 0 Å². The predicted molar refractivity (Wildman–Crippen MR) is 108 cm³/mol. The average molecular weight is 405 g/mol. The number of nitrogens with zero attached hydrogens (tertiary/aromatic N) is 1. The molecule has 3 amide bonds. The number of rotatable bonds is 7. The van der Waals surface area contributed by atoms with Gasteiger partial charge in [0, 0.05) is 19.1 Å². The second-order valence-electron chi connectivity index (χ2n) is 7.40. The zero-order chi connectivity index (χ0) is 21.2. The van der Waals surface area contributed by atoms with Crippen molar-refractivity contribution in [1.82, 2.24) is 15.5 Å². The lowest BCUT2D eigenvalue weighted by Gasteiger charge is -2.32. The Balaban J connectivity index is 1.80. The molecule has 1 saturated heterocycles. The van der Waals surface area contributed by atoms with E-state index < -0.39 is 12.1 Å². The van der Waals surface area contributed by atoms with Gasteiger partial charge in [-0.3, -0.25) is 4.79 Å². The van der Waals surface area contributed by atoms with E-state index in [0.29, 0.717) is 32.5 Å². The van der Waals surface area contributed by atoms with Crippen molar-refractivity contribution in [2.24, 2.45) is 5.92 Å². The summed E-state index contributed by atoms with van der Waals surface area (Å²) in [4.78, 5) is 38.2. The first kappa shape index (κ1) is 22.5. The molecule has 29 heavy (non-hydrogen) atoms. The van der Waals surface area contributed by atoms with E-state index in [2.05, 4.69) is 10.6 Å². The summed E-state index contributed by atoms with van der Waals surface area (Å²) in [6.45, 7) is 7.05. The van der Waals surface area contributed by atoms with Crippen LogP contribution in [-0.4, -0.2) is 54.8 Å². The lowest BCUT2D eigenvalue weighted by atomic mass is 10.0. The van der Waals surface area contributed by atoms with Crippen molar-refractivity contribution in [3.63, 3.8) is 0 Å².